The van der Waals surface area contributed by atoms with Crippen LogP contribution in [0, 0.1) is 0 Å². The molecule has 0 aliphatic rings. The Bertz CT molecular complexity index is 285. The minimum atomic E-state index is 0.279. The van der Waals surface area contributed by atoms with Crippen molar-refractivity contribution >= 4 is 0 Å². The van der Waals surface area contributed by atoms with Crippen LogP contribution in [0.15, 0.2) is 6.20 Å². The summed E-state index contributed by atoms with van der Waals surface area (Å²) >= 11 is 0. The third kappa shape index (κ3) is 5.23. The second-order valence-corrected chi connectivity index (χ2v) is 4.29. The van der Waals surface area contributed by atoms with Gasteiger partial charge in [0.25, 0.3) is 0 Å². The second-order valence-electron chi connectivity index (χ2n) is 4.29. The van der Waals surface area contributed by atoms with Gasteiger partial charge in [-0.3, -0.25) is 4.68 Å². The van der Waals surface area contributed by atoms with Crippen LogP contribution in [0.25, 0.3) is 0 Å². The number of nitrogens with one attached hydrogen (secondary N) is 1. The van der Waals surface area contributed by atoms with Gasteiger partial charge in [0.05, 0.1) is 5.69 Å². The van der Waals surface area contributed by atoms with Crippen molar-refractivity contribution in [2.75, 3.05) is 6.61 Å². The van der Waals surface area contributed by atoms with Crippen molar-refractivity contribution in [3.63, 3.8) is 0 Å². The number of aryl methyl sites for hydroxylation is 1. The van der Waals surface area contributed by atoms with Crippen molar-refractivity contribution in [3.05, 3.63) is 11.9 Å². The molecule has 0 atom stereocenters. The minimum Gasteiger partial charge on any atom is -0.396 e. The van der Waals surface area contributed by atoms with E-state index in [0.717, 1.165) is 38.0 Å². The first-order valence-electron chi connectivity index (χ1n) is 5.95. The number of hydrogen-bond donors (Lipinski definition) is 2. The van der Waals surface area contributed by atoms with E-state index in [-0.39, 0.29) is 6.61 Å². The fourth-order valence-electron chi connectivity index (χ4n) is 1.40. The fourth-order valence-corrected chi connectivity index (χ4v) is 1.40. The first-order chi connectivity index (χ1) is 7.72. The third-order valence-corrected chi connectivity index (χ3v) is 2.32. The summed E-state index contributed by atoms with van der Waals surface area (Å²) in [5, 5.41) is 20.1. The first kappa shape index (κ1) is 13.1. The van der Waals surface area contributed by atoms with Crippen molar-refractivity contribution in [2.24, 2.45) is 0 Å². The van der Waals surface area contributed by atoms with E-state index in [2.05, 4.69) is 29.5 Å². The molecule has 1 rings (SSSR count). The van der Waals surface area contributed by atoms with Gasteiger partial charge in [-0.2, -0.15) is 0 Å². The maximum Gasteiger partial charge on any atom is 0.0964 e. The summed E-state index contributed by atoms with van der Waals surface area (Å²) in [6, 6.07) is 0.467. The zero-order chi connectivity index (χ0) is 11.8. The summed E-state index contributed by atoms with van der Waals surface area (Å²) in [4.78, 5) is 0. The third-order valence-electron chi connectivity index (χ3n) is 2.32. The molecule has 5 nitrogen and oxygen atoms in total. The largest absolute Gasteiger partial charge is 0.396 e. The number of unbranched alkanes of at least 4 members (excludes halogenated alkanes) is 2. The molecule has 16 heavy (non-hydrogen) atoms. The minimum absolute atomic E-state index is 0.279. The second kappa shape index (κ2) is 7.35. The molecule has 0 saturated heterocycles. The average molecular weight is 226 g/mol. The molecule has 0 aliphatic carbocycles. The number of nitrogens with zero attached hydrogens (tertiary/aromatic N) is 3. The zero-order valence-corrected chi connectivity index (χ0v) is 10.2. The molecule has 0 fully saturated rings. The number of hydrogen-bond acceptors (Lipinski definition) is 4. The van der Waals surface area contributed by atoms with E-state index in [1.165, 1.54) is 0 Å². The Morgan fingerprint density at radius 2 is 2.19 bits per heavy atom. The molecule has 0 radical (unpaired) electrons. The van der Waals surface area contributed by atoms with Gasteiger partial charge in [-0.15, -0.1) is 5.10 Å². The monoisotopic (exact) mass is 226 g/mol. The topological polar surface area (TPSA) is 63.0 Å². The number of aliphatic hydroxyl groups excluding tert-OH is 1. The average Bonchev–Trinajstić information content (AvgIpc) is 2.70. The summed E-state index contributed by atoms with van der Waals surface area (Å²) in [6.45, 7) is 6.16. The Hall–Kier alpha value is -0.940. The molecule has 0 spiro atoms. The molecule has 92 valence electrons. The molecule has 0 saturated carbocycles. The Morgan fingerprint density at radius 3 is 2.88 bits per heavy atom. The summed E-state index contributed by atoms with van der Waals surface area (Å²) in [5.41, 5.74) is 0.982. The van der Waals surface area contributed by atoms with Gasteiger partial charge in [0.2, 0.25) is 0 Å². The van der Waals surface area contributed by atoms with E-state index in [1.54, 1.807) is 0 Å². The van der Waals surface area contributed by atoms with E-state index in [0.29, 0.717) is 6.04 Å². The fraction of sp³-hybridized carbons (Fsp3) is 0.818. The summed E-state index contributed by atoms with van der Waals surface area (Å²) in [5.74, 6) is 0. The molecule has 1 heterocycles. The number of rotatable bonds is 8. The van der Waals surface area contributed by atoms with Gasteiger partial charge in [-0.25, -0.2) is 0 Å². The summed E-state index contributed by atoms with van der Waals surface area (Å²) in [6.07, 6.45) is 4.93. The number of aromatic nitrogens is 3. The first-order valence-corrected chi connectivity index (χ1v) is 5.95. The Labute approximate surface area is 96.9 Å². The predicted molar refractivity (Wildman–Crippen MR) is 62.9 cm³/mol. The molecule has 0 unspecified atom stereocenters. The molecule has 1 aromatic heterocycles. The van der Waals surface area contributed by atoms with Gasteiger partial charge in [-0.05, 0) is 19.3 Å². The van der Waals surface area contributed by atoms with Gasteiger partial charge < -0.3 is 10.4 Å². The lowest BCUT2D eigenvalue weighted by atomic mass is 10.2. The lowest BCUT2D eigenvalue weighted by molar-refractivity contribution is 0.281. The van der Waals surface area contributed by atoms with Crippen molar-refractivity contribution in [3.8, 4) is 0 Å². The van der Waals surface area contributed by atoms with Crippen LogP contribution >= 0.6 is 0 Å². The van der Waals surface area contributed by atoms with Crippen molar-refractivity contribution in [1.29, 1.82) is 0 Å². The zero-order valence-electron chi connectivity index (χ0n) is 10.2. The van der Waals surface area contributed by atoms with Crippen LogP contribution in [-0.4, -0.2) is 32.7 Å². The maximum atomic E-state index is 8.65. The lowest BCUT2D eigenvalue weighted by Gasteiger charge is -2.04. The normalized spacial score (nSPS) is 11.2. The van der Waals surface area contributed by atoms with E-state index in [4.69, 9.17) is 5.11 Å². The summed E-state index contributed by atoms with van der Waals surface area (Å²) in [7, 11) is 0. The highest BCUT2D eigenvalue weighted by Gasteiger charge is 2.01. The highest BCUT2D eigenvalue weighted by Crippen LogP contribution is 1.99. The van der Waals surface area contributed by atoms with E-state index in [1.807, 2.05) is 10.9 Å². The Morgan fingerprint density at radius 1 is 1.38 bits per heavy atom. The lowest BCUT2D eigenvalue weighted by Crippen LogP contribution is -2.21. The molecule has 2 N–H and O–H groups in total. The van der Waals surface area contributed by atoms with Crippen LogP contribution in [0.4, 0.5) is 0 Å². The van der Waals surface area contributed by atoms with Crippen LogP contribution < -0.4 is 5.32 Å². The molecular weight excluding hydrogens is 204 g/mol. The van der Waals surface area contributed by atoms with Crippen molar-refractivity contribution < 1.29 is 5.11 Å². The van der Waals surface area contributed by atoms with E-state index < -0.39 is 0 Å². The van der Waals surface area contributed by atoms with Gasteiger partial charge in [0, 0.05) is 31.9 Å². The highest BCUT2D eigenvalue weighted by atomic mass is 16.2. The summed E-state index contributed by atoms with van der Waals surface area (Å²) < 4.78 is 1.87. The molecule has 0 bridgehead atoms. The Balaban J connectivity index is 2.22. The van der Waals surface area contributed by atoms with Crippen LogP contribution in [-0.2, 0) is 13.1 Å². The van der Waals surface area contributed by atoms with Crippen LogP contribution in [0.3, 0.4) is 0 Å². The molecule has 5 heteroatoms. The number of aliphatic hydroxyl groups is 1. The molecule has 0 aromatic carbocycles. The van der Waals surface area contributed by atoms with Crippen LogP contribution in [0.2, 0.25) is 0 Å². The van der Waals surface area contributed by atoms with Gasteiger partial charge in [0.1, 0.15) is 0 Å². The SMILES string of the molecule is CC(C)NCc1cn(CCCCCO)nn1. The molecular formula is C11H22N4O. The Kier molecular flexibility index (Phi) is 6.03. The quantitative estimate of drug-likeness (QED) is 0.648. The predicted octanol–water partition coefficient (Wildman–Crippen LogP) is 0.939. The van der Waals surface area contributed by atoms with Crippen LogP contribution in [0.1, 0.15) is 38.8 Å². The van der Waals surface area contributed by atoms with Crippen LogP contribution in [0.5, 0.6) is 0 Å². The van der Waals surface area contributed by atoms with Crippen molar-refractivity contribution in [1.82, 2.24) is 20.3 Å². The molecule has 0 amide bonds. The molecule has 1 aromatic rings. The van der Waals surface area contributed by atoms with Gasteiger partial charge in [0.15, 0.2) is 0 Å². The van der Waals surface area contributed by atoms with E-state index in [9.17, 15) is 0 Å². The maximum absolute atomic E-state index is 8.65. The van der Waals surface area contributed by atoms with E-state index >= 15 is 0 Å². The van der Waals surface area contributed by atoms with Gasteiger partial charge >= 0.3 is 0 Å². The molecule has 0 aliphatic heterocycles. The standard InChI is InChI=1S/C11H22N4O/c1-10(2)12-8-11-9-15(14-13-11)6-4-3-5-7-16/h9-10,12,16H,3-8H2,1-2H3. The smallest absolute Gasteiger partial charge is 0.0964 e. The van der Waals surface area contributed by atoms with Gasteiger partial charge in [-0.1, -0.05) is 19.1 Å². The highest BCUT2D eigenvalue weighted by molar-refractivity contribution is 4.91. The van der Waals surface area contributed by atoms with Crippen molar-refractivity contribution in [2.45, 2.75) is 52.2 Å².